The molecule has 3 N–H and O–H groups in total. The maximum absolute atomic E-state index is 12.1. The number of carbonyl (C=O) groups excluding carboxylic acids is 2. The molecule has 1 atom stereocenters. The second-order valence-electron chi connectivity index (χ2n) is 7.53. The summed E-state index contributed by atoms with van der Waals surface area (Å²) in [6.07, 6.45) is -0.541. The monoisotopic (exact) mass is 456 g/mol. The van der Waals surface area contributed by atoms with E-state index in [1.165, 1.54) is 7.11 Å². The van der Waals surface area contributed by atoms with Crippen LogP contribution in [0.3, 0.4) is 0 Å². The minimum atomic E-state index is -1.17. The highest BCUT2D eigenvalue weighted by molar-refractivity contribution is 5.83. The van der Waals surface area contributed by atoms with Crippen molar-refractivity contribution in [2.75, 3.05) is 40.1 Å². The van der Waals surface area contributed by atoms with Gasteiger partial charge in [-0.15, -0.1) is 0 Å². The Kier molecular flexibility index (Phi) is 8.79. The number of fused-ring (bicyclic) bond motifs is 3. The van der Waals surface area contributed by atoms with Crippen molar-refractivity contribution in [1.82, 2.24) is 10.6 Å². The lowest BCUT2D eigenvalue weighted by Gasteiger charge is -2.15. The third-order valence-corrected chi connectivity index (χ3v) is 5.30. The van der Waals surface area contributed by atoms with Gasteiger partial charge >= 0.3 is 12.1 Å². The maximum atomic E-state index is 12.1. The first-order chi connectivity index (χ1) is 16.0. The van der Waals surface area contributed by atoms with Gasteiger partial charge in [0.1, 0.15) is 6.61 Å². The van der Waals surface area contributed by atoms with E-state index in [1.807, 2.05) is 24.3 Å². The van der Waals surface area contributed by atoms with Crippen molar-refractivity contribution in [3.8, 4) is 11.1 Å². The first-order valence-corrected chi connectivity index (χ1v) is 10.7. The lowest BCUT2D eigenvalue weighted by Crippen LogP contribution is -2.44. The molecule has 9 nitrogen and oxygen atoms in total. The number of rotatable bonds is 12. The summed E-state index contributed by atoms with van der Waals surface area (Å²) < 4.78 is 15.5. The summed E-state index contributed by atoms with van der Waals surface area (Å²) in [5.41, 5.74) is 4.61. The zero-order valence-electron chi connectivity index (χ0n) is 18.4. The normalized spacial score (nSPS) is 13.0. The van der Waals surface area contributed by atoms with Crippen LogP contribution < -0.4 is 10.6 Å². The topological polar surface area (TPSA) is 123 Å². The molecule has 2 amide bonds. The van der Waals surface area contributed by atoms with Crippen LogP contribution in [0.5, 0.6) is 0 Å². The highest BCUT2D eigenvalue weighted by atomic mass is 16.5. The van der Waals surface area contributed by atoms with Gasteiger partial charge in [-0.1, -0.05) is 48.5 Å². The van der Waals surface area contributed by atoms with Gasteiger partial charge in [0, 0.05) is 26.0 Å². The Labute approximate surface area is 192 Å². The minimum absolute atomic E-state index is 0.00155. The Morgan fingerprint density at radius 1 is 1.00 bits per heavy atom. The lowest BCUT2D eigenvalue weighted by atomic mass is 9.98. The number of methoxy groups -OCH3 is 1. The molecule has 0 saturated heterocycles. The number of hydrogen-bond donors (Lipinski definition) is 3. The van der Waals surface area contributed by atoms with E-state index < -0.39 is 24.0 Å². The van der Waals surface area contributed by atoms with Gasteiger partial charge in [-0.05, 0) is 22.3 Å². The number of alkyl carbamates (subject to hydrolysis) is 1. The third kappa shape index (κ3) is 6.53. The molecule has 176 valence electrons. The van der Waals surface area contributed by atoms with Crippen LogP contribution in [-0.4, -0.2) is 69.2 Å². The van der Waals surface area contributed by atoms with Gasteiger partial charge in [0.05, 0.1) is 19.8 Å². The summed E-state index contributed by atoms with van der Waals surface area (Å²) in [6, 6.07) is 15.1. The third-order valence-electron chi connectivity index (χ3n) is 5.30. The van der Waals surface area contributed by atoms with E-state index >= 15 is 0 Å². The quantitative estimate of drug-likeness (QED) is 0.418. The zero-order valence-corrected chi connectivity index (χ0v) is 18.4. The minimum Gasteiger partial charge on any atom is -0.480 e. The molecule has 0 bridgehead atoms. The summed E-state index contributed by atoms with van der Waals surface area (Å²) in [7, 11) is 1.36. The average molecular weight is 456 g/mol. The Morgan fingerprint density at radius 3 is 2.24 bits per heavy atom. The number of benzene rings is 2. The van der Waals surface area contributed by atoms with Crippen LogP contribution in [-0.2, 0) is 23.8 Å². The van der Waals surface area contributed by atoms with Crippen molar-refractivity contribution >= 4 is 18.0 Å². The molecule has 33 heavy (non-hydrogen) atoms. The molecule has 0 fully saturated rings. The van der Waals surface area contributed by atoms with Gasteiger partial charge < -0.3 is 30.0 Å². The van der Waals surface area contributed by atoms with Crippen LogP contribution in [0.4, 0.5) is 4.79 Å². The number of aliphatic carboxylic acids is 1. The van der Waals surface area contributed by atoms with E-state index in [2.05, 4.69) is 34.9 Å². The van der Waals surface area contributed by atoms with Crippen molar-refractivity contribution in [3.05, 3.63) is 59.7 Å². The summed E-state index contributed by atoms with van der Waals surface area (Å²) in [6.45, 7) is 0.619. The average Bonchev–Trinajstić information content (AvgIpc) is 3.13. The molecule has 2 aromatic rings. The second kappa shape index (κ2) is 12.0. The van der Waals surface area contributed by atoms with Crippen LogP contribution >= 0.6 is 0 Å². The number of hydrogen-bond acceptors (Lipinski definition) is 6. The Bertz CT molecular complexity index is 933. The number of nitrogens with one attached hydrogen (secondary N) is 2. The van der Waals surface area contributed by atoms with Crippen molar-refractivity contribution in [1.29, 1.82) is 0 Å². The predicted octanol–water partition coefficient (Wildman–Crippen LogP) is 2.15. The number of carbonyl (C=O) groups is 3. The van der Waals surface area contributed by atoms with Gasteiger partial charge in [0.2, 0.25) is 5.91 Å². The predicted molar refractivity (Wildman–Crippen MR) is 120 cm³/mol. The van der Waals surface area contributed by atoms with Gasteiger partial charge in [0.25, 0.3) is 0 Å². The SMILES string of the molecule is COCC(NC(=O)CCOCCNC(=O)OCC1c2ccccc2-c2ccccc21)C(=O)O. The van der Waals surface area contributed by atoms with Gasteiger partial charge in [-0.3, -0.25) is 4.79 Å². The number of carboxylic acids is 1. The van der Waals surface area contributed by atoms with Crippen molar-refractivity contribution in [2.45, 2.75) is 18.4 Å². The molecule has 1 aliphatic carbocycles. The van der Waals surface area contributed by atoms with Crippen LogP contribution in [0.25, 0.3) is 11.1 Å². The van der Waals surface area contributed by atoms with E-state index in [1.54, 1.807) is 0 Å². The maximum Gasteiger partial charge on any atom is 0.407 e. The number of ether oxygens (including phenoxy) is 3. The van der Waals surface area contributed by atoms with Crippen molar-refractivity contribution in [3.63, 3.8) is 0 Å². The van der Waals surface area contributed by atoms with E-state index in [0.717, 1.165) is 22.3 Å². The van der Waals surface area contributed by atoms with Gasteiger partial charge in [-0.2, -0.15) is 0 Å². The molecule has 9 heteroatoms. The fourth-order valence-electron chi connectivity index (χ4n) is 3.75. The van der Waals surface area contributed by atoms with Gasteiger partial charge in [0.15, 0.2) is 6.04 Å². The van der Waals surface area contributed by atoms with Crippen LogP contribution in [0.1, 0.15) is 23.5 Å². The molecule has 3 rings (SSSR count). The van der Waals surface area contributed by atoms with E-state index in [9.17, 15) is 14.4 Å². The van der Waals surface area contributed by atoms with Crippen LogP contribution in [0.2, 0.25) is 0 Å². The molecule has 0 radical (unpaired) electrons. The second-order valence-corrected chi connectivity index (χ2v) is 7.53. The Morgan fingerprint density at radius 2 is 1.64 bits per heavy atom. The molecule has 0 saturated carbocycles. The molecular formula is C24H28N2O7. The van der Waals surface area contributed by atoms with Crippen molar-refractivity contribution in [2.24, 2.45) is 0 Å². The summed E-state index contributed by atoms with van der Waals surface area (Å²) in [4.78, 5) is 34.8. The molecule has 2 aromatic carbocycles. The molecule has 0 spiro atoms. The zero-order chi connectivity index (χ0) is 23.6. The molecular weight excluding hydrogens is 428 g/mol. The standard InChI is InChI=1S/C24H28N2O7/c1-31-15-21(23(28)29)26-22(27)10-12-32-13-11-25-24(30)33-14-20-18-8-4-2-6-16(18)17-7-3-5-9-19(17)20/h2-9,20-21H,10-15H2,1H3,(H,25,30)(H,26,27)(H,28,29). The number of amides is 2. The van der Waals surface area contributed by atoms with Crippen LogP contribution in [0, 0.1) is 0 Å². The summed E-state index contributed by atoms with van der Waals surface area (Å²) in [5.74, 6) is -1.63. The van der Waals surface area contributed by atoms with Crippen molar-refractivity contribution < 1.29 is 33.7 Å². The Hall–Kier alpha value is -3.43. The van der Waals surface area contributed by atoms with E-state index in [-0.39, 0.29) is 45.3 Å². The molecule has 0 aliphatic heterocycles. The fraction of sp³-hybridized carbons (Fsp3) is 0.375. The fourth-order valence-corrected chi connectivity index (χ4v) is 3.75. The lowest BCUT2D eigenvalue weighted by molar-refractivity contribution is -0.143. The summed E-state index contributed by atoms with van der Waals surface area (Å²) in [5, 5.41) is 14.0. The van der Waals surface area contributed by atoms with E-state index in [0.29, 0.717) is 0 Å². The molecule has 1 aliphatic rings. The largest absolute Gasteiger partial charge is 0.480 e. The van der Waals surface area contributed by atoms with Gasteiger partial charge in [-0.25, -0.2) is 9.59 Å². The summed E-state index contributed by atoms with van der Waals surface area (Å²) >= 11 is 0. The Balaban J connectivity index is 1.33. The first-order valence-electron chi connectivity index (χ1n) is 10.7. The van der Waals surface area contributed by atoms with Crippen LogP contribution in [0.15, 0.2) is 48.5 Å². The smallest absolute Gasteiger partial charge is 0.407 e. The highest BCUT2D eigenvalue weighted by Crippen LogP contribution is 2.44. The van der Waals surface area contributed by atoms with E-state index in [4.69, 9.17) is 19.3 Å². The molecule has 0 heterocycles. The molecule has 0 aromatic heterocycles. The molecule has 1 unspecified atom stereocenters. The highest BCUT2D eigenvalue weighted by Gasteiger charge is 2.28. The first kappa shape index (κ1) is 24.2. The number of carboxylic acid groups (broad SMARTS) is 1.